The molecule has 3 rings (SSSR count). The molecule has 1 N–H and O–H groups in total. The van der Waals surface area contributed by atoms with Gasteiger partial charge in [-0.25, -0.2) is 0 Å². The third kappa shape index (κ3) is 5.31. The first-order valence-electron chi connectivity index (χ1n) is 8.30. The highest BCUT2D eigenvalue weighted by Crippen LogP contribution is 2.29. The van der Waals surface area contributed by atoms with E-state index in [1.807, 2.05) is 30.3 Å². The Kier molecular flexibility index (Phi) is 6.62. The van der Waals surface area contributed by atoms with Crippen LogP contribution in [-0.2, 0) is 20.7 Å². The number of hydrogen-bond acceptors (Lipinski definition) is 6. The van der Waals surface area contributed by atoms with Crippen LogP contribution in [-0.4, -0.2) is 28.6 Å². The molecule has 28 heavy (non-hydrogen) atoms. The van der Waals surface area contributed by atoms with E-state index in [2.05, 4.69) is 15.5 Å². The SMILES string of the molecule is O=C(COC(=O)CCc1nc(-c2ccccc2)no1)Nc1c(Cl)cccc1Cl. The number of aromatic nitrogens is 2. The maximum absolute atomic E-state index is 11.9. The number of carbonyl (C=O) groups is 2. The summed E-state index contributed by atoms with van der Waals surface area (Å²) in [4.78, 5) is 28.0. The van der Waals surface area contributed by atoms with Crippen molar-refractivity contribution < 1.29 is 18.8 Å². The zero-order valence-electron chi connectivity index (χ0n) is 14.5. The minimum Gasteiger partial charge on any atom is -0.456 e. The molecule has 1 aromatic heterocycles. The Morgan fingerprint density at radius 2 is 1.75 bits per heavy atom. The number of amides is 1. The van der Waals surface area contributed by atoms with E-state index in [0.29, 0.717) is 11.7 Å². The van der Waals surface area contributed by atoms with Gasteiger partial charge in [0.1, 0.15) is 0 Å². The molecule has 0 atom stereocenters. The van der Waals surface area contributed by atoms with Gasteiger partial charge in [-0.3, -0.25) is 9.59 Å². The van der Waals surface area contributed by atoms with Crippen LogP contribution in [0.25, 0.3) is 11.4 Å². The van der Waals surface area contributed by atoms with Crippen LogP contribution < -0.4 is 5.32 Å². The van der Waals surface area contributed by atoms with E-state index in [-0.39, 0.29) is 28.6 Å². The average molecular weight is 420 g/mol. The molecule has 0 bridgehead atoms. The smallest absolute Gasteiger partial charge is 0.306 e. The van der Waals surface area contributed by atoms with Crippen LogP contribution in [0.4, 0.5) is 5.69 Å². The predicted octanol–water partition coefficient (Wildman–Crippen LogP) is 4.16. The molecule has 144 valence electrons. The number of carbonyl (C=O) groups excluding carboxylic acids is 2. The number of hydrogen-bond donors (Lipinski definition) is 1. The van der Waals surface area contributed by atoms with Gasteiger partial charge in [-0.05, 0) is 12.1 Å². The quantitative estimate of drug-likeness (QED) is 0.577. The number of benzene rings is 2. The molecule has 3 aromatic rings. The average Bonchev–Trinajstić information content (AvgIpc) is 3.17. The summed E-state index contributed by atoms with van der Waals surface area (Å²) in [5, 5.41) is 6.96. The summed E-state index contributed by atoms with van der Waals surface area (Å²) in [6.45, 7) is -0.459. The topological polar surface area (TPSA) is 94.3 Å². The summed E-state index contributed by atoms with van der Waals surface area (Å²) in [6, 6.07) is 14.1. The molecule has 0 aliphatic rings. The van der Waals surface area contributed by atoms with Crippen molar-refractivity contribution in [1.82, 2.24) is 10.1 Å². The minimum absolute atomic E-state index is 0.00342. The van der Waals surface area contributed by atoms with Crippen molar-refractivity contribution in [3.05, 3.63) is 64.5 Å². The normalized spacial score (nSPS) is 10.5. The van der Waals surface area contributed by atoms with Crippen molar-refractivity contribution >= 4 is 40.8 Å². The molecule has 2 aromatic carbocycles. The molecule has 1 amide bonds. The highest BCUT2D eigenvalue weighted by atomic mass is 35.5. The summed E-state index contributed by atoms with van der Waals surface area (Å²) in [7, 11) is 0. The van der Waals surface area contributed by atoms with Crippen LogP contribution in [0.5, 0.6) is 0 Å². The number of aryl methyl sites for hydroxylation is 1. The zero-order chi connectivity index (χ0) is 19.9. The number of ether oxygens (including phenoxy) is 1. The molecule has 1 heterocycles. The van der Waals surface area contributed by atoms with Crippen molar-refractivity contribution in [1.29, 1.82) is 0 Å². The lowest BCUT2D eigenvalue weighted by atomic mass is 10.2. The van der Waals surface area contributed by atoms with Crippen LogP contribution in [0.15, 0.2) is 53.1 Å². The molecule has 0 radical (unpaired) electrons. The molecular weight excluding hydrogens is 405 g/mol. The first-order valence-corrected chi connectivity index (χ1v) is 9.06. The fraction of sp³-hybridized carbons (Fsp3) is 0.158. The molecule has 0 fully saturated rings. The van der Waals surface area contributed by atoms with E-state index in [9.17, 15) is 9.59 Å². The second-order valence-electron chi connectivity index (χ2n) is 5.68. The molecule has 0 spiro atoms. The number of anilines is 1. The van der Waals surface area contributed by atoms with E-state index in [4.69, 9.17) is 32.5 Å². The molecule has 0 aliphatic heterocycles. The van der Waals surface area contributed by atoms with E-state index < -0.39 is 18.5 Å². The standard InChI is InChI=1S/C19H15Cl2N3O4/c20-13-7-4-8-14(21)18(13)22-15(25)11-27-17(26)10-9-16-23-19(24-28-16)12-5-2-1-3-6-12/h1-8H,9-11H2,(H,22,25). The number of nitrogens with one attached hydrogen (secondary N) is 1. The second kappa shape index (κ2) is 9.34. The maximum atomic E-state index is 11.9. The molecule has 0 saturated heterocycles. The van der Waals surface area contributed by atoms with Gasteiger partial charge >= 0.3 is 5.97 Å². The van der Waals surface area contributed by atoms with Gasteiger partial charge in [0, 0.05) is 12.0 Å². The van der Waals surface area contributed by atoms with Crippen molar-refractivity contribution in [3.63, 3.8) is 0 Å². The van der Waals surface area contributed by atoms with Gasteiger partial charge < -0.3 is 14.6 Å². The molecule has 7 nitrogen and oxygen atoms in total. The van der Waals surface area contributed by atoms with E-state index in [1.54, 1.807) is 18.2 Å². The Balaban J connectivity index is 1.45. The molecule has 0 saturated carbocycles. The predicted molar refractivity (Wildman–Crippen MR) is 104 cm³/mol. The van der Waals surface area contributed by atoms with Crippen LogP contribution in [0.1, 0.15) is 12.3 Å². The molecule has 9 heteroatoms. The lowest BCUT2D eigenvalue weighted by Gasteiger charge is -2.09. The van der Waals surface area contributed by atoms with Crippen LogP contribution >= 0.6 is 23.2 Å². The van der Waals surface area contributed by atoms with Crippen molar-refractivity contribution in [2.45, 2.75) is 12.8 Å². The summed E-state index contributed by atoms with van der Waals surface area (Å²) >= 11 is 11.9. The van der Waals surface area contributed by atoms with Crippen LogP contribution in [0, 0.1) is 0 Å². The van der Waals surface area contributed by atoms with Crippen molar-refractivity contribution in [2.75, 3.05) is 11.9 Å². The summed E-state index contributed by atoms with van der Waals surface area (Å²) < 4.78 is 10.1. The zero-order valence-corrected chi connectivity index (χ0v) is 16.0. The Morgan fingerprint density at radius 1 is 1.04 bits per heavy atom. The van der Waals surface area contributed by atoms with E-state index in [1.165, 1.54) is 0 Å². The number of halogens is 2. The number of para-hydroxylation sites is 1. The van der Waals surface area contributed by atoms with Gasteiger partial charge in [-0.15, -0.1) is 0 Å². The number of rotatable bonds is 7. The highest BCUT2D eigenvalue weighted by molar-refractivity contribution is 6.39. The third-order valence-electron chi connectivity index (χ3n) is 3.63. The molecular formula is C19H15Cl2N3O4. The van der Waals surface area contributed by atoms with E-state index >= 15 is 0 Å². The Hall–Kier alpha value is -2.90. The van der Waals surface area contributed by atoms with E-state index in [0.717, 1.165) is 5.56 Å². The van der Waals surface area contributed by atoms with Gasteiger partial charge in [-0.2, -0.15) is 4.98 Å². The van der Waals surface area contributed by atoms with Gasteiger partial charge in [-0.1, -0.05) is 64.8 Å². The summed E-state index contributed by atoms with van der Waals surface area (Å²) in [5.74, 6) is -0.365. The largest absolute Gasteiger partial charge is 0.456 e. The first-order chi connectivity index (χ1) is 13.5. The van der Waals surface area contributed by atoms with Crippen LogP contribution in [0.3, 0.4) is 0 Å². The number of esters is 1. The maximum Gasteiger partial charge on any atom is 0.306 e. The first kappa shape index (κ1) is 19.9. The molecule has 0 unspecified atom stereocenters. The fourth-order valence-corrected chi connectivity index (χ4v) is 2.77. The van der Waals surface area contributed by atoms with Gasteiger partial charge in [0.15, 0.2) is 6.61 Å². The highest BCUT2D eigenvalue weighted by Gasteiger charge is 2.14. The number of nitrogens with zero attached hydrogens (tertiary/aromatic N) is 2. The van der Waals surface area contributed by atoms with Gasteiger partial charge in [0.05, 0.1) is 22.2 Å². The Bertz CT molecular complexity index is 956. The Morgan fingerprint density at radius 3 is 2.46 bits per heavy atom. The minimum atomic E-state index is -0.570. The molecule has 0 aliphatic carbocycles. The summed E-state index contributed by atoms with van der Waals surface area (Å²) in [6.07, 6.45) is 0.202. The summed E-state index contributed by atoms with van der Waals surface area (Å²) in [5.41, 5.74) is 1.08. The fourth-order valence-electron chi connectivity index (χ4n) is 2.28. The lowest BCUT2D eigenvalue weighted by Crippen LogP contribution is -2.21. The van der Waals surface area contributed by atoms with Crippen molar-refractivity contribution in [2.24, 2.45) is 0 Å². The lowest BCUT2D eigenvalue weighted by molar-refractivity contribution is -0.147. The second-order valence-corrected chi connectivity index (χ2v) is 6.50. The third-order valence-corrected chi connectivity index (χ3v) is 4.26. The van der Waals surface area contributed by atoms with Crippen LogP contribution in [0.2, 0.25) is 10.0 Å². The van der Waals surface area contributed by atoms with Crippen molar-refractivity contribution in [3.8, 4) is 11.4 Å². The van der Waals surface area contributed by atoms with Gasteiger partial charge in [0.25, 0.3) is 5.91 Å². The van der Waals surface area contributed by atoms with Gasteiger partial charge in [0.2, 0.25) is 11.7 Å². The monoisotopic (exact) mass is 419 g/mol. The Labute approximate surface area is 170 Å².